The van der Waals surface area contributed by atoms with Crippen LogP contribution in [0.25, 0.3) is 0 Å². The van der Waals surface area contributed by atoms with Crippen LogP contribution in [0.2, 0.25) is 0 Å². The monoisotopic (exact) mass is 219 g/mol. The molecule has 0 aliphatic carbocycles. The molecule has 4 N–H and O–H groups in total. The third kappa shape index (κ3) is 8.67. The number of hydrogen-bond donors (Lipinski definition) is 4. The maximum atomic E-state index is 8.31. The van der Waals surface area contributed by atoms with E-state index in [4.69, 9.17) is 19.6 Å². The number of nitrogens with zero attached hydrogens (tertiary/aromatic N) is 1. The maximum absolute atomic E-state index is 8.31. The molecule has 7 nitrogen and oxygen atoms in total. The van der Waals surface area contributed by atoms with Gasteiger partial charge in [-0.2, -0.15) is 0 Å². The Balaban J connectivity index is 3.27. The van der Waals surface area contributed by atoms with Crippen molar-refractivity contribution >= 4 is 17.2 Å². The van der Waals surface area contributed by atoms with Gasteiger partial charge in [0.1, 0.15) is 13.5 Å². The van der Waals surface area contributed by atoms with Crippen LogP contribution in [0.5, 0.6) is 0 Å². The van der Waals surface area contributed by atoms with E-state index < -0.39 is 17.2 Å². The fraction of sp³-hybridized carbons (Fsp3) is 1.00. The summed E-state index contributed by atoms with van der Waals surface area (Å²) in [6.45, 7) is -0.107. The molecule has 0 aromatic rings. The first-order valence-electron chi connectivity index (χ1n) is 2.82. The van der Waals surface area contributed by atoms with Crippen molar-refractivity contribution < 1.29 is 28.6 Å². The minimum absolute atomic E-state index is 0.0537. The van der Waals surface area contributed by atoms with E-state index in [1.165, 1.54) is 4.90 Å². The lowest BCUT2D eigenvalue weighted by Gasteiger charge is -2.16. The fourth-order valence-corrected chi connectivity index (χ4v) is 0.938. The van der Waals surface area contributed by atoms with Crippen molar-refractivity contribution in [3.05, 3.63) is 0 Å². The van der Waals surface area contributed by atoms with Crippen LogP contribution < -0.4 is 0 Å². The van der Waals surface area contributed by atoms with Crippen LogP contribution in [-0.4, -0.2) is 45.0 Å². The second-order valence-electron chi connectivity index (χ2n) is 1.88. The van der Waals surface area contributed by atoms with Gasteiger partial charge in [0.05, 0.1) is 0 Å². The molecule has 0 aromatic carbocycles. The van der Waals surface area contributed by atoms with Gasteiger partial charge in [0.25, 0.3) is 0 Å². The van der Waals surface area contributed by atoms with Crippen molar-refractivity contribution in [1.82, 2.24) is 4.90 Å². The van der Waals surface area contributed by atoms with E-state index in [-0.39, 0.29) is 13.5 Å². The smallest absolute Gasteiger partial charge is 0.328 e. The second-order valence-corrected chi connectivity index (χ2v) is 3.41. The van der Waals surface area contributed by atoms with Gasteiger partial charge in [0, 0.05) is 0 Å². The standard InChI is InChI=1S/C3H11NO6P2/c1-4(2-9-11(5)6)3-10-12(7)8/h5-8H,2-3H2,1H3. The van der Waals surface area contributed by atoms with Crippen molar-refractivity contribution in [1.29, 1.82) is 0 Å². The average Bonchev–Trinajstić information content (AvgIpc) is 1.96. The highest BCUT2D eigenvalue weighted by atomic mass is 31.2. The van der Waals surface area contributed by atoms with Gasteiger partial charge in [-0.05, 0) is 7.05 Å². The molecule has 0 fully saturated rings. The molecule has 74 valence electrons. The van der Waals surface area contributed by atoms with Gasteiger partial charge in [0.15, 0.2) is 0 Å². The third-order valence-electron chi connectivity index (χ3n) is 0.787. The summed E-state index contributed by atoms with van der Waals surface area (Å²) in [7, 11) is -3.20. The van der Waals surface area contributed by atoms with Gasteiger partial charge in [-0.15, -0.1) is 0 Å². The Bertz CT molecular complexity index is 101. The Kier molecular flexibility index (Phi) is 7.37. The molecule has 12 heavy (non-hydrogen) atoms. The van der Waals surface area contributed by atoms with Gasteiger partial charge in [0.2, 0.25) is 0 Å². The van der Waals surface area contributed by atoms with Gasteiger partial charge in [-0.25, -0.2) is 0 Å². The Morgan fingerprint density at radius 2 is 1.33 bits per heavy atom. The number of rotatable bonds is 6. The minimum atomic E-state index is -2.38. The summed E-state index contributed by atoms with van der Waals surface area (Å²) in [5.74, 6) is 0. The van der Waals surface area contributed by atoms with Crippen molar-refractivity contribution in [3.8, 4) is 0 Å². The van der Waals surface area contributed by atoms with E-state index in [0.717, 1.165) is 0 Å². The fourth-order valence-electron chi connectivity index (χ4n) is 0.338. The van der Waals surface area contributed by atoms with Gasteiger partial charge >= 0.3 is 17.2 Å². The first kappa shape index (κ1) is 12.6. The van der Waals surface area contributed by atoms with E-state index in [9.17, 15) is 0 Å². The SMILES string of the molecule is CN(COP(O)O)COP(O)O. The molecule has 0 atom stereocenters. The molecule has 0 aliphatic heterocycles. The van der Waals surface area contributed by atoms with E-state index >= 15 is 0 Å². The summed E-state index contributed by atoms with van der Waals surface area (Å²) in [6, 6.07) is 0. The maximum Gasteiger partial charge on any atom is 0.328 e. The molecule has 0 aromatic heterocycles. The zero-order chi connectivity index (χ0) is 9.56. The van der Waals surface area contributed by atoms with Crippen LogP contribution in [0, 0.1) is 0 Å². The third-order valence-corrected chi connectivity index (χ3v) is 1.48. The van der Waals surface area contributed by atoms with Crippen LogP contribution in [0.3, 0.4) is 0 Å². The molecule has 0 spiro atoms. The van der Waals surface area contributed by atoms with Gasteiger partial charge < -0.3 is 19.6 Å². The zero-order valence-corrected chi connectivity index (χ0v) is 8.15. The highest BCUT2D eigenvalue weighted by Gasteiger charge is 2.05. The van der Waals surface area contributed by atoms with Gasteiger partial charge in [-0.1, -0.05) is 0 Å². The Hall–Kier alpha value is 0.580. The lowest BCUT2D eigenvalue weighted by molar-refractivity contribution is 0.0627. The summed E-state index contributed by atoms with van der Waals surface area (Å²) in [5, 5.41) is 0. The van der Waals surface area contributed by atoms with Crippen LogP contribution in [-0.2, 0) is 9.05 Å². The molecular formula is C3H11NO6P2. The van der Waals surface area contributed by atoms with Crippen molar-refractivity contribution in [2.45, 2.75) is 0 Å². The molecule has 0 bridgehead atoms. The molecule has 0 saturated carbocycles. The summed E-state index contributed by atoms with van der Waals surface area (Å²) < 4.78 is 8.80. The highest BCUT2D eigenvalue weighted by molar-refractivity contribution is 7.39. The predicted octanol–water partition coefficient (Wildman–Crippen LogP) is -0.711. The van der Waals surface area contributed by atoms with Crippen LogP contribution in [0.4, 0.5) is 0 Å². The molecule has 9 heteroatoms. The summed E-state index contributed by atoms with van der Waals surface area (Å²) in [6.07, 6.45) is 0. The lowest BCUT2D eigenvalue weighted by Crippen LogP contribution is -2.22. The normalized spacial score (nSPS) is 12.0. The Labute approximate surface area is 72.2 Å². The first-order valence-corrected chi connectivity index (χ1v) is 5.15. The van der Waals surface area contributed by atoms with Crippen LogP contribution in [0.1, 0.15) is 0 Å². The molecule has 0 rings (SSSR count). The van der Waals surface area contributed by atoms with Crippen LogP contribution >= 0.6 is 17.2 Å². The quantitative estimate of drug-likeness (QED) is 0.345. The molecule has 0 unspecified atom stereocenters. The van der Waals surface area contributed by atoms with Crippen molar-refractivity contribution in [2.24, 2.45) is 0 Å². The van der Waals surface area contributed by atoms with Crippen molar-refractivity contribution in [2.75, 3.05) is 20.5 Å². The molecular weight excluding hydrogens is 208 g/mol. The zero-order valence-electron chi connectivity index (χ0n) is 6.36. The van der Waals surface area contributed by atoms with Crippen LogP contribution in [0.15, 0.2) is 0 Å². The second kappa shape index (κ2) is 7.03. The van der Waals surface area contributed by atoms with E-state index in [0.29, 0.717) is 0 Å². The highest BCUT2D eigenvalue weighted by Crippen LogP contribution is 2.26. The predicted molar refractivity (Wildman–Crippen MR) is 42.4 cm³/mol. The molecule has 0 saturated heterocycles. The molecule has 0 amide bonds. The number of hydrogen-bond acceptors (Lipinski definition) is 7. The summed E-state index contributed by atoms with van der Waals surface area (Å²) >= 11 is 0. The largest absolute Gasteiger partial charge is 0.328 e. The summed E-state index contributed by atoms with van der Waals surface area (Å²) in [4.78, 5) is 34.7. The first-order chi connectivity index (χ1) is 5.52. The molecule has 0 aliphatic rings. The minimum Gasteiger partial charge on any atom is -0.328 e. The average molecular weight is 219 g/mol. The van der Waals surface area contributed by atoms with Gasteiger partial charge in [-0.3, -0.25) is 13.9 Å². The molecule has 0 heterocycles. The summed E-state index contributed by atoms with van der Waals surface area (Å²) in [5.41, 5.74) is 0. The van der Waals surface area contributed by atoms with E-state index in [2.05, 4.69) is 9.05 Å². The Morgan fingerprint density at radius 3 is 1.58 bits per heavy atom. The van der Waals surface area contributed by atoms with E-state index in [1.54, 1.807) is 7.05 Å². The Morgan fingerprint density at radius 1 is 1.00 bits per heavy atom. The topological polar surface area (TPSA) is 103 Å². The lowest BCUT2D eigenvalue weighted by atomic mass is 10.9. The van der Waals surface area contributed by atoms with Crippen molar-refractivity contribution in [3.63, 3.8) is 0 Å². The van der Waals surface area contributed by atoms with E-state index in [1.807, 2.05) is 0 Å². The molecule has 0 radical (unpaired) electrons.